The second-order valence-electron chi connectivity index (χ2n) is 3.95. The molecule has 0 unspecified atom stereocenters. The van der Waals surface area contributed by atoms with E-state index in [2.05, 4.69) is 9.97 Å². The fourth-order valence-electron chi connectivity index (χ4n) is 2.06. The fraction of sp³-hybridized carbons (Fsp3) is 0.286. The summed E-state index contributed by atoms with van der Waals surface area (Å²) in [4.78, 5) is 18.7. The molecule has 0 aliphatic carbocycles. The van der Waals surface area contributed by atoms with Crippen molar-refractivity contribution in [3.8, 4) is 22.8 Å². The van der Waals surface area contributed by atoms with Crippen molar-refractivity contribution in [2.45, 2.75) is 13.3 Å². The molecule has 0 saturated heterocycles. The Kier molecular flexibility index (Phi) is 3.85. The zero-order valence-corrected chi connectivity index (χ0v) is 11.2. The van der Waals surface area contributed by atoms with Crippen LogP contribution in [0.25, 0.3) is 11.3 Å². The molecule has 0 spiro atoms. The highest BCUT2D eigenvalue weighted by Crippen LogP contribution is 2.37. The SMILES string of the molecule is CCc1c(-c2c(OC)cccc2OC)nc[nH]c1=O. The molecular formula is C14H16N2O3. The number of aromatic amines is 1. The Labute approximate surface area is 111 Å². The number of nitrogens with zero attached hydrogens (tertiary/aromatic N) is 1. The molecule has 1 aromatic heterocycles. The van der Waals surface area contributed by atoms with Gasteiger partial charge in [-0.3, -0.25) is 4.79 Å². The summed E-state index contributed by atoms with van der Waals surface area (Å²) in [6.07, 6.45) is 1.97. The van der Waals surface area contributed by atoms with Gasteiger partial charge in [-0.1, -0.05) is 13.0 Å². The maximum absolute atomic E-state index is 11.9. The van der Waals surface area contributed by atoms with Gasteiger partial charge in [0.2, 0.25) is 0 Å². The van der Waals surface area contributed by atoms with Crippen molar-refractivity contribution in [1.82, 2.24) is 9.97 Å². The number of H-pyrrole nitrogens is 1. The van der Waals surface area contributed by atoms with E-state index in [-0.39, 0.29) is 5.56 Å². The molecule has 0 radical (unpaired) electrons. The minimum Gasteiger partial charge on any atom is -0.496 e. The van der Waals surface area contributed by atoms with E-state index in [4.69, 9.17) is 9.47 Å². The molecule has 0 fully saturated rings. The minimum atomic E-state index is -0.138. The summed E-state index contributed by atoms with van der Waals surface area (Å²) in [5.41, 5.74) is 1.78. The van der Waals surface area contributed by atoms with E-state index in [1.807, 2.05) is 25.1 Å². The monoisotopic (exact) mass is 260 g/mol. The number of nitrogens with one attached hydrogen (secondary N) is 1. The van der Waals surface area contributed by atoms with Crippen LogP contribution in [0.5, 0.6) is 11.5 Å². The van der Waals surface area contributed by atoms with Crippen LogP contribution in [-0.4, -0.2) is 24.2 Å². The molecule has 5 heteroatoms. The summed E-state index contributed by atoms with van der Waals surface area (Å²) < 4.78 is 10.7. The number of ether oxygens (including phenoxy) is 2. The van der Waals surface area contributed by atoms with Crippen LogP contribution in [0.4, 0.5) is 0 Å². The Morgan fingerprint density at radius 1 is 1.21 bits per heavy atom. The van der Waals surface area contributed by atoms with Gasteiger partial charge in [-0.15, -0.1) is 0 Å². The van der Waals surface area contributed by atoms with Gasteiger partial charge >= 0.3 is 0 Å². The summed E-state index contributed by atoms with van der Waals surface area (Å²) in [6, 6.07) is 5.47. The zero-order chi connectivity index (χ0) is 13.8. The molecule has 19 heavy (non-hydrogen) atoms. The standard InChI is InChI=1S/C14H16N2O3/c1-4-9-13(15-8-16-14(9)17)12-10(18-2)6-5-7-11(12)19-3/h5-8H,4H2,1-3H3,(H,15,16,17). The maximum atomic E-state index is 11.9. The highest BCUT2D eigenvalue weighted by molar-refractivity contribution is 5.76. The number of aromatic nitrogens is 2. The second-order valence-corrected chi connectivity index (χ2v) is 3.95. The lowest BCUT2D eigenvalue weighted by Gasteiger charge is -2.14. The zero-order valence-electron chi connectivity index (χ0n) is 11.2. The Bertz CT molecular complexity index is 613. The van der Waals surface area contributed by atoms with Gasteiger partial charge in [0.1, 0.15) is 11.5 Å². The number of rotatable bonds is 4. The van der Waals surface area contributed by atoms with Crippen molar-refractivity contribution in [2.75, 3.05) is 14.2 Å². The number of hydrogen-bond donors (Lipinski definition) is 1. The molecule has 1 aromatic carbocycles. The molecule has 1 heterocycles. The highest BCUT2D eigenvalue weighted by atomic mass is 16.5. The molecular weight excluding hydrogens is 244 g/mol. The number of methoxy groups -OCH3 is 2. The number of hydrogen-bond acceptors (Lipinski definition) is 4. The third-order valence-electron chi connectivity index (χ3n) is 2.97. The Balaban J connectivity index is 2.78. The fourth-order valence-corrected chi connectivity index (χ4v) is 2.06. The van der Waals surface area contributed by atoms with E-state index in [0.29, 0.717) is 34.7 Å². The lowest BCUT2D eigenvalue weighted by molar-refractivity contribution is 0.397. The molecule has 0 aliphatic heterocycles. The van der Waals surface area contributed by atoms with Crippen molar-refractivity contribution < 1.29 is 9.47 Å². The lowest BCUT2D eigenvalue weighted by atomic mass is 10.0. The first kappa shape index (κ1) is 13.1. The van der Waals surface area contributed by atoms with Gasteiger partial charge in [-0.05, 0) is 18.6 Å². The Morgan fingerprint density at radius 3 is 2.37 bits per heavy atom. The summed E-state index contributed by atoms with van der Waals surface area (Å²) >= 11 is 0. The minimum absolute atomic E-state index is 0.138. The molecule has 0 amide bonds. The summed E-state index contributed by atoms with van der Waals surface area (Å²) in [5, 5.41) is 0. The van der Waals surface area contributed by atoms with E-state index in [1.165, 1.54) is 6.33 Å². The van der Waals surface area contributed by atoms with Crippen LogP contribution in [0.2, 0.25) is 0 Å². The van der Waals surface area contributed by atoms with Gasteiger partial charge in [-0.25, -0.2) is 4.98 Å². The quantitative estimate of drug-likeness (QED) is 0.913. The first-order chi connectivity index (χ1) is 9.22. The van der Waals surface area contributed by atoms with E-state index in [1.54, 1.807) is 14.2 Å². The van der Waals surface area contributed by atoms with Crippen molar-refractivity contribution in [3.63, 3.8) is 0 Å². The summed E-state index contributed by atoms with van der Waals surface area (Å²) in [7, 11) is 3.16. The molecule has 0 aliphatic rings. The van der Waals surface area contributed by atoms with Crippen LogP contribution in [0, 0.1) is 0 Å². The topological polar surface area (TPSA) is 64.2 Å². The molecule has 1 N–H and O–H groups in total. The van der Waals surface area contributed by atoms with Gasteiger partial charge in [0, 0.05) is 5.56 Å². The molecule has 5 nitrogen and oxygen atoms in total. The third-order valence-corrected chi connectivity index (χ3v) is 2.97. The first-order valence-electron chi connectivity index (χ1n) is 6.00. The van der Waals surface area contributed by atoms with Crippen molar-refractivity contribution >= 4 is 0 Å². The average Bonchev–Trinajstić information content (AvgIpc) is 2.46. The van der Waals surface area contributed by atoms with Crippen molar-refractivity contribution in [3.05, 3.63) is 40.4 Å². The molecule has 0 atom stereocenters. The molecule has 2 rings (SSSR count). The van der Waals surface area contributed by atoms with Crippen LogP contribution in [-0.2, 0) is 6.42 Å². The van der Waals surface area contributed by atoms with Crippen LogP contribution in [0.15, 0.2) is 29.3 Å². The second kappa shape index (κ2) is 5.56. The lowest BCUT2D eigenvalue weighted by Crippen LogP contribution is -2.14. The summed E-state index contributed by atoms with van der Waals surface area (Å²) in [6.45, 7) is 1.91. The molecule has 2 aromatic rings. The van der Waals surface area contributed by atoms with Crippen molar-refractivity contribution in [2.24, 2.45) is 0 Å². The van der Waals surface area contributed by atoms with Crippen LogP contribution >= 0.6 is 0 Å². The molecule has 0 saturated carbocycles. The van der Waals surface area contributed by atoms with Gasteiger partial charge in [0.15, 0.2) is 0 Å². The predicted molar refractivity (Wildman–Crippen MR) is 72.8 cm³/mol. The Hall–Kier alpha value is -2.30. The van der Waals surface area contributed by atoms with E-state index < -0.39 is 0 Å². The smallest absolute Gasteiger partial charge is 0.254 e. The van der Waals surface area contributed by atoms with Crippen LogP contribution < -0.4 is 15.0 Å². The maximum Gasteiger partial charge on any atom is 0.254 e. The third kappa shape index (κ3) is 2.31. The highest BCUT2D eigenvalue weighted by Gasteiger charge is 2.18. The van der Waals surface area contributed by atoms with E-state index in [9.17, 15) is 4.79 Å². The predicted octanol–water partition coefficient (Wildman–Crippen LogP) is 2.02. The van der Waals surface area contributed by atoms with Crippen LogP contribution in [0.3, 0.4) is 0 Å². The largest absolute Gasteiger partial charge is 0.496 e. The van der Waals surface area contributed by atoms with Crippen LogP contribution in [0.1, 0.15) is 12.5 Å². The summed E-state index contributed by atoms with van der Waals surface area (Å²) in [5.74, 6) is 1.26. The van der Waals surface area contributed by atoms with Gasteiger partial charge in [-0.2, -0.15) is 0 Å². The van der Waals surface area contributed by atoms with E-state index in [0.717, 1.165) is 0 Å². The molecule has 100 valence electrons. The first-order valence-corrected chi connectivity index (χ1v) is 6.00. The number of benzene rings is 1. The van der Waals surface area contributed by atoms with Gasteiger partial charge < -0.3 is 14.5 Å². The van der Waals surface area contributed by atoms with Gasteiger partial charge in [0.25, 0.3) is 5.56 Å². The average molecular weight is 260 g/mol. The molecule has 0 bridgehead atoms. The van der Waals surface area contributed by atoms with E-state index >= 15 is 0 Å². The van der Waals surface area contributed by atoms with Crippen molar-refractivity contribution in [1.29, 1.82) is 0 Å². The normalized spacial score (nSPS) is 10.3. The Morgan fingerprint density at radius 2 is 1.84 bits per heavy atom. The van der Waals surface area contributed by atoms with Gasteiger partial charge in [0.05, 0.1) is 31.8 Å².